The molecule has 2 atom stereocenters. The van der Waals surface area contributed by atoms with Gasteiger partial charge in [-0.25, -0.2) is 0 Å². The summed E-state index contributed by atoms with van der Waals surface area (Å²) in [6.07, 6.45) is -0.843. The number of carboxylic acids is 2. The number of carbonyl (C=O) groups is 4. The summed E-state index contributed by atoms with van der Waals surface area (Å²) in [5, 5.41) is 16.1. The molecule has 2 amide bonds. The molecule has 8 N–H and O–H groups in total. The number of nitrogens with one attached hydrogen (secondary N) is 2. The molecule has 0 aliphatic carbocycles. The second kappa shape index (κ2) is 11.4. The van der Waals surface area contributed by atoms with E-state index in [1.165, 1.54) is 0 Å². The van der Waals surface area contributed by atoms with Crippen LogP contribution >= 0.6 is 0 Å². The van der Waals surface area contributed by atoms with E-state index in [9.17, 15) is 19.2 Å². The average molecular weight is 326 g/mol. The molecular weight excluding hydrogens is 312 g/mol. The maximum absolute atomic E-state index is 9.95. The van der Waals surface area contributed by atoms with Crippen LogP contribution in [0, 0.1) is 0 Å². The van der Waals surface area contributed by atoms with E-state index in [2.05, 4.69) is 11.5 Å². The number of aliphatic carboxylic acids is 2. The van der Waals surface area contributed by atoms with Gasteiger partial charge in [-0.2, -0.15) is 0 Å². The summed E-state index contributed by atoms with van der Waals surface area (Å²) in [5.74, 6) is -4.18. The fourth-order valence-corrected chi connectivity index (χ4v) is 0.577. The molecule has 0 bridgehead atoms. The minimum Gasteiger partial charge on any atom is -0.665 e. The van der Waals surface area contributed by atoms with Crippen LogP contribution in [-0.2, 0) is 36.2 Å². The first kappa shape index (κ1) is 22.5. The molecule has 2 unspecified atom stereocenters. The molecule has 0 saturated carbocycles. The summed E-state index contributed by atoms with van der Waals surface area (Å²) in [6.45, 7) is 0. The molecule has 10 nitrogen and oxygen atoms in total. The first-order valence-electron chi connectivity index (χ1n) is 4.52. The topological polar surface area (TPSA) is 208 Å². The first-order valence-corrected chi connectivity index (χ1v) is 4.52. The van der Waals surface area contributed by atoms with Crippen molar-refractivity contribution in [2.24, 2.45) is 11.5 Å². The van der Waals surface area contributed by atoms with E-state index in [-0.39, 0.29) is 17.1 Å². The van der Waals surface area contributed by atoms with Crippen molar-refractivity contribution in [2.45, 2.75) is 24.9 Å². The Balaban J connectivity index is -0.000000256. The van der Waals surface area contributed by atoms with Crippen LogP contribution in [0.2, 0.25) is 0 Å². The largest absolute Gasteiger partial charge is 2.00 e. The summed E-state index contributed by atoms with van der Waals surface area (Å²) in [6, 6.07) is -2.83. The third-order valence-electron chi connectivity index (χ3n) is 1.41. The molecule has 0 spiro atoms. The van der Waals surface area contributed by atoms with Gasteiger partial charge in [0.1, 0.15) is 0 Å². The summed E-state index contributed by atoms with van der Waals surface area (Å²) in [4.78, 5) is 39.6. The number of primary amides is 2. The molecule has 113 valence electrons. The predicted octanol–water partition coefficient (Wildman–Crippen LogP) is -1.27. The van der Waals surface area contributed by atoms with Gasteiger partial charge < -0.3 is 33.1 Å². The zero-order valence-electron chi connectivity index (χ0n) is 9.55. The number of amides is 2. The molecule has 0 aliphatic heterocycles. The Morgan fingerprint density at radius 2 is 1.05 bits per heavy atom. The van der Waals surface area contributed by atoms with Gasteiger partial charge in [0, 0.05) is 12.8 Å². The van der Waals surface area contributed by atoms with Gasteiger partial charge in [0.2, 0.25) is 11.8 Å². The Bertz CT molecular complexity index is 305. The Kier molecular flexibility index (Phi) is 13.5. The van der Waals surface area contributed by atoms with Crippen LogP contribution < -0.4 is 11.5 Å². The van der Waals surface area contributed by atoms with Crippen LogP contribution in [0.3, 0.4) is 0 Å². The van der Waals surface area contributed by atoms with Crippen LogP contribution in [0.15, 0.2) is 0 Å². The summed E-state index contributed by atoms with van der Waals surface area (Å²) >= 11 is 0. The third-order valence-corrected chi connectivity index (χ3v) is 1.41. The molecule has 0 saturated heterocycles. The Labute approximate surface area is 118 Å². The number of hydrogen-bond acceptors (Lipinski definition) is 4. The zero-order valence-corrected chi connectivity index (χ0v) is 10.5. The van der Waals surface area contributed by atoms with Gasteiger partial charge in [0.25, 0.3) is 11.9 Å². The average Bonchev–Trinajstić information content (AvgIpc) is 2.16. The number of nitrogens with two attached hydrogens (primary N) is 2. The van der Waals surface area contributed by atoms with Gasteiger partial charge in [0.15, 0.2) is 0 Å². The fraction of sp³-hybridized carbons (Fsp3) is 0.500. The van der Waals surface area contributed by atoms with Crippen molar-refractivity contribution in [3.63, 3.8) is 0 Å². The minimum atomic E-state index is -1.41. The molecule has 19 heavy (non-hydrogen) atoms. The van der Waals surface area contributed by atoms with Crippen LogP contribution in [-0.4, -0.2) is 46.0 Å². The van der Waals surface area contributed by atoms with Crippen molar-refractivity contribution in [1.82, 2.24) is 0 Å². The Morgan fingerprint density at radius 3 is 1.11 bits per heavy atom. The smallest absolute Gasteiger partial charge is 0.665 e. The van der Waals surface area contributed by atoms with Crippen LogP contribution in [0.1, 0.15) is 12.8 Å². The molecule has 0 aromatic rings. The molecule has 0 fully saturated rings. The number of rotatable bonds is 6. The van der Waals surface area contributed by atoms with E-state index >= 15 is 0 Å². The van der Waals surface area contributed by atoms with Gasteiger partial charge in [-0.05, 0) is 12.1 Å². The van der Waals surface area contributed by atoms with E-state index in [0.717, 1.165) is 0 Å². The third kappa shape index (κ3) is 16.3. The summed E-state index contributed by atoms with van der Waals surface area (Å²) in [5.41, 5.74) is 22.5. The predicted molar refractivity (Wildman–Crippen MR) is 59.1 cm³/mol. The van der Waals surface area contributed by atoms with Crippen molar-refractivity contribution in [3.05, 3.63) is 11.5 Å². The summed E-state index contributed by atoms with van der Waals surface area (Å²) in [7, 11) is 0. The molecule has 0 heterocycles. The van der Waals surface area contributed by atoms with Crippen molar-refractivity contribution in [3.8, 4) is 0 Å². The molecule has 0 aromatic carbocycles. The summed E-state index contributed by atoms with van der Waals surface area (Å²) < 4.78 is 0. The Morgan fingerprint density at radius 1 is 0.842 bits per heavy atom. The second-order valence-corrected chi connectivity index (χ2v) is 3.12. The maximum Gasteiger partial charge on any atom is 2.00 e. The molecule has 0 aromatic heterocycles. The number of carboxylic acid groups (broad SMARTS) is 2. The monoisotopic (exact) mass is 325 g/mol. The SMILES string of the molecule is [Cu+2].[NH-]C(CC(N)=O)C(=O)O.[NH-]C(CC(N)=O)C(=O)O. The molecule has 0 rings (SSSR count). The van der Waals surface area contributed by atoms with E-state index in [1.807, 2.05) is 0 Å². The van der Waals surface area contributed by atoms with Crippen molar-refractivity contribution in [1.29, 1.82) is 0 Å². The quantitative estimate of drug-likeness (QED) is 0.437. The van der Waals surface area contributed by atoms with Gasteiger partial charge in [-0.1, -0.05) is 0 Å². The van der Waals surface area contributed by atoms with Gasteiger partial charge >= 0.3 is 17.1 Å². The van der Waals surface area contributed by atoms with Crippen LogP contribution in [0.4, 0.5) is 0 Å². The van der Waals surface area contributed by atoms with Gasteiger partial charge in [-0.15, -0.1) is 0 Å². The maximum atomic E-state index is 9.95. The second-order valence-electron chi connectivity index (χ2n) is 3.12. The van der Waals surface area contributed by atoms with E-state index in [0.29, 0.717) is 0 Å². The number of hydrogen-bond donors (Lipinski definition) is 4. The Hall–Kier alpha value is -1.68. The molecule has 0 aliphatic rings. The van der Waals surface area contributed by atoms with Gasteiger partial charge in [0.05, 0.1) is 0 Å². The van der Waals surface area contributed by atoms with Crippen molar-refractivity contribution < 1.29 is 46.5 Å². The molecule has 1 radical (unpaired) electrons. The minimum absolute atomic E-state index is 0. The standard InChI is InChI=1S/2C4H7N2O3.Cu/c2*5-2(4(8)9)1-3(6)7;/h2*2,5H,1H2,(H2,6,7)(H,8,9);/q2*-1;+2. The number of carbonyl (C=O) groups excluding carboxylic acids is 2. The van der Waals surface area contributed by atoms with Gasteiger partial charge in [-0.3, -0.25) is 19.2 Å². The zero-order chi connectivity index (χ0) is 14.9. The molecule has 11 heteroatoms. The van der Waals surface area contributed by atoms with E-state index in [1.54, 1.807) is 0 Å². The van der Waals surface area contributed by atoms with Crippen molar-refractivity contribution in [2.75, 3.05) is 0 Å². The normalized spacial score (nSPS) is 11.9. The van der Waals surface area contributed by atoms with Crippen molar-refractivity contribution >= 4 is 23.8 Å². The van der Waals surface area contributed by atoms with Crippen LogP contribution in [0.25, 0.3) is 11.5 Å². The van der Waals surface area contributed by atoms with E-state index in [4.69, 9.17) is 21.7 Å². The fourth-order valence-electron chi connectivity index (χ4n) is 0.577. The molecular formula is C8H14CuN4O6. The van der Waals surface area contributed by atoms with E-state index < -0.39 is 48.7 Å². The van der Waals surface area contributed by atoms with Crippen LogP contribution in [0.5, 0.6) is 0 Å². The first-order chi connectivity index (χ1) is 8.07.